The zero-order valence-corrected chi connectivity index (χ0v) is 23.6. The molecule has 0 aliphatic carbocycles. The number of thiocarbonyl (C=S) groups is 1. The Bertz CT molecular complexity index is 1360. The third kappa shape index (κ3) is 6.06. The highest BCUT2D eigenvalue weighted by atomic mass is 79.9. The number of nitrogens with zero attached hydrogens (tertiary/aromatic N) is 1. The summed E-state index contributed by atoms with van der Waals surface area (Å²) in [7, 11) is 2.85. The summed E-state index contributed by atoms with van der Waals surface area (Å²) in [5.41, 5.74) is 3.54. The summed E-state index contributed by atoms with van der Waals surface area (Å²) in [6.07, 6.45) is 1.72. The molecule has 0 radical (unpaired) electrons. The van der Waals surface area contributed by atoms with Crippen LogP contribution in [0.25, 0.3) is 6.08 Å². The molecule has 0 N–H and O–H groups in total. The molecule has 1 unspecified atom stereocenters. The summed E-state index contributed by atoms with van der Waals surface area (Å²) in [6.45, 7) is 2.41. The molecule has 4 rings (SSSR count). The van der Waals surface area contributed by atoms with Crippen molar-refractivity contribution in [1.82, 2.24) is 4.90 Å². The molecule has 37 heavy (non-hydrogen) atoms. The molecule has 0 saturated carbocycles. The van der Waals surface area contributed by atoms with E-state index >= 15 is 0 Å². The number of halogens is 1. The Morgan fingerprint density at radius 1 is 1.11 bits per heavy atom. The maximum Gasteiger partial charge on any atom is 0.333 e. The highest BCUT2D eigenvalue weighted by Crippen LogP contribution is 2.41. The molecule has 0 bridgehead atoms. The van der Waals surface area contributed by atoms with Crippen molar-refractivity contribution in [3.8, 4) is 11.5 Å². The van der Waals surface area contributed by atoms with E-state index in [2.05, 4.69) is 15.9 Å². The monoisotopic (exact) mass is 597 g/mol. The van der Waals surface area contributed by atoms with E-state index in [1.165, 1.54) is 17.6 Å². The largest absolute Gasteiger partial charge is 0.493 e. The minimum atomic E-state index is -0.969. The van der Waals surface area contributed by atoms with Crippen LogP contribution in [0, 0.1) is 6.92 Å². The van der Waals surface area contributed by atoms with Crippen molar-refractivity contribution in [2.24, 2.45) is 0 Å². The molecule has 3 aromatic rings. The molecule has 1 atom stereocenters. The van der Waals surface area contributed by atoms with E-state index in [0.29, 0.717) is 38.6 Å². The number of amides is 1. The van der Waals surface area contributed by atoms with Crippen LogP contribution in [-0.2, 0) is 20.9 Å². The normalized spacial score (nSPS) is 15.1. The molecular weight excluding hydrogens is 574 g/mol. The van der Waals surface area contributed by atoms with E-state index in [-0.39, 0.29) is 10.2 Å². The number of carbonyl (C=O) groups is 2. The number of rotatable bonds is 8. The molecular formula is C28H24BrNO5S2. The number of hydrogen-bond donors (Lipinski definition) is 0. The summed E-state index contributed by atoms with van der Waals surface area (Å²) in [5.74, 6) is 0.134. The van der Waals surface area contributed by atoms with Gasteiger partial charge in [0, 0.05) is 0 Å². The van der Waals surface area contributed by atoms with Crippen LogP contribution >= 0.6 is 39.9 Å². The number of carbonyl (C=O) groups excluding carboxylic acids is 2. The first kappa shape index (κ1) is 26.9. The van der Waals surface area contributed by atoms with Crippen LogP contribution in [0.4, 0.5) is 0 Å². The quantitative estimate of drug-likeness (QED) is 0.168. The fourth-order valence-corrected chi connectivity index (χ4v) is 5.68. The molecule has 1 saturated heterocycles. The molecule has 1 fully saturated rings. The van der Waals surface area contributed by atoms with Crippen LogP contribution in [0.15, 0.2) is 76.1 Å². The molecule has 1 heterocycles. The first-order valence-corrected chi connectivity index (χ1v) is 13.3. The van der Waals surface area contributed by atoms with Gasteiger partial charge >= 0.3 is 5.97 Å². The second-order valence-corrected chi connectivity index (χ2v) is 10.7. The topological polar surface area (TPSA) is 65.1 Å². The van der Waals surface area contributed by atoms with Gasteiger partial charge in [-0.05, 0) is 57.8 Å². The fraction of sp³-hybridized carbons (Fsp3) is 0.179. The molecule has 0 aromatic heterocycles. The smallest absolute Gasteiger partial charge is 0.333 e. The summed E-state index contributed by atoms with van der Waals surface area (Å²) in [5, 5.41) is 0. The molecule has 3 aromatic carbocycles. The van der Waals surface area contributed by atoms with Crippen LogP contribution in [0.5, 0.6) is 11.5 Å². The predicted molar refractivity (Wildman–Crippen MR) is 152 cm³/mol. The van der Waals surface area contributed by atoms with Crippen molar-refractivity contribution in [2.45, 2.75) is 19.6 Å². The van der Waals surface area contributed by atoms with Gasteiger partial charge in [0.1, 0.15) is 10.9 Å². The first-order valence-electron chi connectivity index (χ1n) is 11.3. The highest BCUT2D eigenvalue weighted by Gasteiger charge is 2.41. The van der Waals surface area contributed by atoms with Crippen molar-refractivity contribution in [1.29, 1.82) is 0 Å². The summed E-state index contributed by atoms with van der Waals surface area (Å²) < 4.78 is 17.6. The lowest BCUT2D eigenvalue weighted by atomic mass is 10.1. The van der Waals surface area contributed by atoms with E-state index in [9.17, 15) is 9.59 Å². The Balaban J connectivity index is 1.60. The van der Waals surface area contributed by atoms with Gasteiger partial charge in [-0.3, -0.25) is 9.69 Å². The minimum absolute atomic E-state index is 0.277. The predicted octanol–water partition coefficient (Wildman–Crippen LogP) is 6.46. The Hall–Kier alpha value is -3.14. The molecule has 190 valence electrons. The van der Waals surface area contributed by atoms with Crippen LogP contribution in [0.1, 0.15) is 28.3 Å². The number of thioether (sulfide) groups is 1. The second kappa shape index (κ2) is 11.9. The average molecular weight is 599 g/mol. The first-order chi connectivity index (χ1) is 17.8. The lowest BCUT2D eigenvalue weighted by Gasteiger charge is -2.24. The number of benzene rings is 3. The van der Waals surface area contributed by atoms with E-state index in [1.54, 1.807) is 43.5 Å². The molecule has 1 aliphatic heterocycles. The van der Waals surface area contributed by atoms with Gasteiger partial charge in [0.05, 0.1) is 23.6 Å². The van der Waals surface area contributed by atoms with Gasteiger partial charge in [0.25, 0.3) is 5.91 Å². The lowest BCUT2D eigenvalue weighted by molar-refractivity contribution is -0.148. The summed E-state index contributed by atoms with van der Waals surface area (Å²) >= 11 is 10.2. The third-order valence-corrected chi connectivity index (χ3v) is 7.59. The Kier molecular flexibility index (Phi) is 8.68. The molecule has 9 heteroatoms. The fourth-order valence-electron chi connectivity index (χ4n) is 3.79. The van der Waals surface area contributed by atoms with Crippen molar-refractivity contribution < 1.29 is 23.8 Å². The standard InChI is InChI=1S/C28H24BrNO5S2/c1-17-9-11-18(12-10-17)16-35-25-21(29)13-19(14-22(25)33-2)15-23-26(31)30(28(36)37-23)24(27(32)34-3)20-7-5-4-6-8-20/h4-15,24H,16H2,1-3H3/b23-15-. The maximum absolute atomic E-state index is 13.4. The van der Waals surface area contributed by atoms with E-state index in [0.717, 1.165) is 17.3 Å². The zero-order valence-electron chi connectivity index (χ0n) is 20.4. The van der Waals surface area contributed by atoms with E-state index < -0.39 is 12.0 Å². The van der Waals surface area contributed by atoms with Crippen LogP contribution in [0.2, 0.25) is 0 Å². The number of esters is 1. The van der Waals surface area contributed by atoms with Crippen molar-refractivity contribution in [2.75, 3.05) is 14.2 Å². The van der Waals surface area contributed by atoms with Gasteiger partial charge in [-0.15, -0.1) is 0 Å². The Morgan fingerprint density at radius 3 is 2.46 bits per heavy atom. The summed E-state index contributed by atoms with van der Waals surface area (Å²) in [4.78, 5) is 27.8. The maximum atomic E-state index is 13.4. The third-order valence-electron chi connectivity index (χ3n) is 5.67. The van der Waals surface area contributed by atoms with Crippen LogP contribution in [0.3, 0.4) is 0 Å². The van der Waals surface area contributed by atoms with E-state index in [4.69, 9.17) is 26.4 Å². The lowest BCUT2D eigenvalue weighted by Crippen LogP contribution is -2.37. The number of ether oxygens (including phenoxy) is 3. The van der Waals surface area contributed by atoms with Gasteiger partial charge in [0.15, 0.2) is 17.5 Å². The molecule has 6 nitrogen and oxygen atoms in total. The van der Waals surface area contributed by atoms with Gasteiger partial charge in [0.2, 0.25) is 0 Å². The minimum Gasteiger partial charge on any atom is -0.493 e. The molecule has 1 aliphatic rings. The molecule has 0 spiro atoms. The zero-order chi connectivity index (χ0) is 26.5. The number of aryl methyl sites for hydroxylation is 1. The molecule has 1 amide bonds. The van der Waals surface area contributed by atoms with Crippen molar-refractivity contribution >= 4 is 62.2 Å². The highest BCUT2D eigenvalue weighted by molar-refractivity contribution is 9.10. The van der Waals surface area contributed by atoms with Gasteiger partial charge < -0.3 is 14.2 Å². The Morgan fingerprint density at radius 2 is 1.81 bits per heavy atom. The summed E-state index contributed by atoms with van der Waals surface area (Å²) in [6, 6.07) is 19.7. The van der Waals surface area contributed by atoms with Crippen molar-refractivity contribution in [3.05, 3.63) is 98.4 Å². The van der Waals surface area contributed by atoms with Gasteiger partial charge in [-0.2, -0.15) is 0 Å². The second-order valence-electron chi connectivity index (χ2n) is 8.20. The SMILES string of the molecule is COC(=O)C(c1ccccc1)N1C(=O)/C(=C/c2cc(Br)c(OCc3ccc(C)cc3)c(OC)c2)SC1=S. The number of methoxy groups -OCH3 is 2. The van der Waals surface area contributed by atoms with E-state index in [1.807, 2.05) is 43.3 Å². The van der Waals surface area contributed by atoms with Crippen molar-refractivity contribution in [3.63, 3.8) is 0 Å². The number of hydrogen-bond acceptors (Lipinski definition) is 7. The average Bonchev–Trinajstić information content (AvgIpc) is 3.17. The Labute approximate surface area is 233 Å². The van der Waals surface area contributed by atoms with Crippen LogP contribution < -0.4 is 9.47 Å². The van der Waals surface area contributed by atoms with Gasteiger partial charge in [-0.25, -0.2) is 4.79 Å². The van der Waals surface area contributed by atoms with Gasteiger partial charge in [-0.1, -0.05) is 84.1 Å². The van der Waals surface area contributed by atoms with Crippen LogP contribution in [-0.4, -0.2) is 35.3 Å².